The predicted octanol–water partition coefficient (Wildman–Crippen LogP) is 1.50. The highest BCUT2D eigenvalue weighted by Gasteiger charge is 2.36. The van der Waals surface area contributed by atoms with Crippen molar-refractivity contribution >= 4 is 34.7 Å². The number of aromatic hydroxyl groups is 1. The third kappa shape index (κ3) is 4.91. The molecule has 35 heavy (non-hydrogen) atoms. The topological polar surface area (TPSA) is 139 Å². The minimum Gasteiger partial charge on any atom is -0.494 e. The molecule has 4 heterocycles. The minimum absolute atomic E-state index is 0.0187. The molecule has 0 spiro atoms. The van der Waals surface area contributed by atoms with Crippen LogP contribution in [0, 0.1) is 0 Å². The summed E-state index contributed by atoms with van der Waals surface area (Å²) >= 11 is 0. The average Bonchev–Trinajstić information content (AvgIpc) is 3.38. The molecule has 2 atom stereocenters. The van der Waals surface area contributed by atoms with Crippen molar-refractivity contribution in [2.24, 2.45) is 4.99 Å². The van der Waals surface area contributed by atoms with Gasteiger partial charge in [0.15, 0.2) is 5.88 Å². The molecular weight excluding hydrogens is 450 g/mol. The summed E-state index contributed by atoms with van der Waals surface area (Å²) in [4.78, 5) is 32.8. The number of hydrogen-bond acceptors (Lipinski definition) is 9. The van der Waals surface area contributed by atoms with Gasteiger partial charge in [0, 0.05) is 45.5 Å². The summed E-state index contributed by atoms with van der Waals surface area (Å²) in [5, 5.41) is 24.6. The summed E-state index contributed by atoms with van der Waals surface area (Å²) in [5.74, 6) is 1.13. The van der Waals surface area contributed by atoms with Crippen LogP contribution in [0.1, 0.15) is 18.4 Å². The molecule has 2 aromatic heterocycles. The second-order valence-corrected chi connectivity index (χ2v) is 8.88. The number of nitrogens with one attached hydrogen (secondary N) is 2. The molecule has 2 bridgehead atoms. The zero-order valence-electron chi connectivity index (χ0n) is 19.5. The molecule has 1 saturated heterocycles. The van der Waals surface area contributed by atoms with E-state index in [4.69, 9.17) is 4.74 Å². The van der Waals surface area contributed by atoms with Crippen LogP contribution in [-0.4, -0.2) is 99.1 Å². The fourth-order valence-electron chi connectivity index (χ4n) is 4.63. The van der Waals surface area contributed by atoms with E-state index in [0.717, 1.165) is 6.42 Å². The lowest BCUT2D eigenvalue weighted by atomic mass is 10.1. The monoisotopic (exact) mass is 479 g/mol. The number of ether oxygens (including phenoxy) is 1. The Morgan fingerprint density at radius 3 is 3.00 bits per heavy atom. The Morgan fingerprint density at radius 2 is 2.11 bits per heavy atom. The normalized spacial score (nSPS) is 22.1. The van der Waals surface area contributed by atoms with E-state index in [-0.39, 0.29) is 17.8 Å². The number of likely N-dealkylation sites (N-methyl/N-ethyl adjacent to an activating group) is 1. The van der Waals surface area contributed by atoms with Gasteiger partial charge in [0.05, 0.1) is 35.4 Å². The Balaban J connectivity index is 1.47. The van der Waals surface area contributed by atoms with E-state index in [2.05, 4.69) is 25.3 Å². The van der Waals surface area contributed by atoms with Crippen LogP contribution in [-0.2, 0) is 4.79 Å². The molecule has 0 radical (unpaired) electrons. The van der Waals surface area contributed by atoms with Crippen LogP contribution in [0.3, 0.4) is 0 Å². The Kier molecular flexibility index (Phi) is 6.51. The van der Waals surface area contributed by atoms with Gasteiger partial charge in [0.25, 0.3) is 0 Å². The SMILES string of the molecule is CN1CCNc2ncnc3[nH]c(O)c(c23)C=Nc2cccc(c2)OCCCN2C[C@H](O)C[C@@H]2C1=O. The van der Waals surface area contributed by atoms with Crippen molar-refractivity contribution in [3.8, 4) is 11.6 Å². The number of fused-ring (bicyclic) bond motifs is 3. The fourth-order valence-corrected chi connectivity index (χ4v) is 4.63. The maximum Gasteiger partial charge on any atom is 0.239 e. The van der Waals surface area contributed by atoms with Crippen molar-refractivity contribution in [3.63, 3.8) is 0 Å². The smallest absolute Gasteiger partial charge is 0.239 e. The van der Waals surface area contributed by atoms with Crippen molar-refractivity contribution < 1.29 is 19.7 Å². The second-order valence-electron chi connectivity index (χ2n) is 8.88. The van der Waals surface area contributed by atoms with E-state index in [1.165, 1.54) is 6.33 Å². The van der Waals surface area contributed by atoms with E-state index in [1.54, 1.807) is 18.2 Å². The number of nitrogens with zero attached hydrogens (tertiary/aromatic N) is 5. The number of amides is 1. The van der Waals surface area contributed by atoms with E-state index in [9.17, 15) is 15.0 Å². The van der Waals surface area contributed by atoms with Crippen molar-refractivity contribution in [3.05, 3.63) is 36.2 Å². The number of carbonyl (C=O) groups is 1. The van der Waals surface area contributed by atoms with Crippen LogP contribution in [0.15, 0.2) is 35.6 Å². The number of aliphatic hydroxyl groups is 1. The average molecular weight is 480 g/mol. The number of aliphatic hydroxyl groups excluding tert-OH is 1. The number of aromatic amines is 1. The molecule has 0 saturated carbocycles. The Bertz CT molecular complexity index is 1240. The maximum absolute atomic E-state index is 13.2. The third-order valence-corrected chi connectivity index (χ3v) is 6.41. The van der Waals surface area contributed by atoms with Gasteiger partial charge in [-0.3, -0.25) is 14.7 Å². The number of aliphatic imine (C=N–C) groups is 1. The minimum atomic E-state index is -0.516. The number of aromatic nitrogens is 3. The van der Waals surface area contributed by atoms with Gasteiger partial charge in [-0.15, -0.1) is 0 Å². The number of hydrogen-bond donors (Lipinski definition) is 4. The van der Waals surface area contributed by atoms with Crippen molar-refractivity contribution in [2.45, 2.75) is 25.0 Å². The predicted molar refractivity (Wildman–Crippen MR) is 131 cm³/mol. The molecular formula is C24H29N7O4. The van der Waals surface area contributed by atoms with Gasteiger partial charge in [-0.05, 0) is 25.0 Å². The Hall–Kier alpha value is -3.70. The zero-order valence-corrected chi connectivity index (χ0v) is 19.5. The summed E-state index contributed by atoms with van der Waals surface area (Å²) in [6.07, 6.45) is 3.61. The lowest BCUT2D eigenvalue weighted by Gasteiger charge is -2.27. The summed E-state index contributed by atoms with van der Waals surface area (Å²) < 4.78 is 5.91. The lowest BCUT2D eigenvalue weighted by Crippen LogP contribution is -2.45. The molecule has 1 amide bonds. The molecule has 2 aliphatic heterocycles. The highest BCUT2D eigenvalue weighted by Crippen LogP contribution is 2.30. The summed E-state index contributed by atoms with van der Waals surface area (Å²) in [5.41, 5.74) is 1.62. The molecule has 0 aliphatic carbocycles. The molecule has 3 aromatic rings. The largest absolute Gasteiger partial charge is 0.494 e. The van der Waals surface area contributed by atoms with Crippen molar-refractivity contribution in [1.29, 1.82) is 0 Å². The molecule has 5 rings (SSSR count). The number of anilines is 1. The maximum atomic E-state index is 13.2. The van der Waals surface area contributed by atoms with E-state index in [1.807, 2.05) is 29.2 Å². The fraction of sp³-hybridized carbons (Fsp3) is 0.417. The van der Waals surface area contributed by atoms with Gasteiger partial charge in [0.2, 0.25) is 5.91 Å². The number of carbonyl (C=O) groups excluding carboxylic acids is 1. The van der Waals surface area contributed by atoms with E-state index < -0.39 is 6.10 Å². The second kappa shape index (κ2) is 9.88. The van der Waals surface area contributed by atoms with Crippen LogP contribution in [0.25, 0.3) is 11.0 Å². The molecule has 11 heteroatoms. The first-order chi connectivity index (χ1) is 17.0. The highest BCUT2D eigenvalue weighted by molar-refractivity contribution is 6.06. The molecule has 2 aliphatic rings. The van der Waals surface area contributed by atoms with Crippen LogP contribution < -0.4 is 10.1 Å². The number of rotatable bonds is 0. The van der Waals surface area contributed by atoms with Gasteiger partial charge < -0.3 is 30.2 Å². The zero-order chi connectivity index (χ0) is 24.4. The highest BCUT2D eigenvalue weighted by atomic mass is 16.5. The standard InChI is InChI=1S/C24H29N7O4/c1-30-8-6-25-21-20-18(23(33)29-22(20)28-14-27-21)12-26-15-4-2-5-17(10-15)35-9-3-7-31-13-16(32)11-19(31)24(30)34/h2,4-5,10,12,14,16,19,32-33H,3,6-9,11,13H2,1H3,(H2,25,27,28,29)/t16-,19-/m1/s1. The lowest BCUT2D eigenvalue weighted by molar-refractivity contribution is -0.134. The molecule has 11 nitrogen and oxygen atoms in total. The first-order valence-corrected chi connectivity index (χ1v) is 11.7. The summed E-state index contributed by atoms with van der Waals surface area (Å²) in [7, 11) is 1.76. The number of H-pyrrole nitrogens is 1. The van der Waals surface area contributed by atoms with Gasteiger partial charge in [0.1, 0.15) is 23.5 Å². The van der Waals surface area contributed by atoms with Crippen LogP contribution in [0.5, 0.6) is 11.6 Å². The molecule has 1 fully saturated rings. The quantitative estimate of drug-likeness (QED) is 0.380. The van der Waals surface area contributed by atoms with Gasteiger partial charge >= 0.3 is 0 Å². The molecule has 0 unspecified atom stereocenters. The Labute approximate surface area is 202 Å². The van der Waals surface area contributed by atoms with Crippen molar-refractivity contribution in [2.75, 3.05) is 45.2 Å². The first kappa shape index (κ1) is 23.1. The van der Waals surface area contributed by atoms with Gasteiger partial charge in [-0.2, -0.15) is 0 Å². The van der Waals surface area contributed by atoms with Gasteiger partial charge in [-0.1, -0.05) is 6.07 Å². The molecule has 4 N–H and O–H groups in total. The van der Waals surface area contributed by atoms with Crippen LogP contribution >= 0.6 is 0 Å². The van der Waals surface area contributed by atoms with E-state index >= 15 is 0 Å². The Morgan fingerprint density at radius 1 is 1.23 bits per heavy atom. The number of benzene rings is 1. The summed E-state index contributed by atoms with van der Waals surface area (Å²) in [6, 6.07) is 7.05. The van der Waals surface area contributed by atoms with Crippen LogP contribution in [0.4, 0.5) is 11.5 Å². The third-order valence-electron chi connectivity index (χ3n) is 6.41. The first-order valence-electron chi connectivity index (χ1n) is 11.7. The molecule has 184 valence electrons. The van der Waals surface area contributed by atoms with E-state index in [0.29, 0.717) is 73.1 Å². The van der Waals surface area contributed by atoms with Crippen LogP contribution in [0.2, 0.25) is 0 Å². The molecule has 1 aromatic carbocycles. The summed E-state index contributed by atoms with van der Waals surface area (Å²) in [6.45, 7) is 2.50. The van der Waals surface area contributed by atoms with Gasteiger partial charge in [-0.25, -0.2) is 9.97 Å². The van der Waals surface area contributed by atoms with Crippen molar-refractivity contribution in [1.82, 2.24) is 24.8 Å².